The van der Waals surface area contributed by atoms with E-state index in [0.29, 0.717) is 36.5 Å². The number of nitrogens with zero attached hydrogens (tertiary/aromatic N) is 3. The molecule has 3 aromatic rings. The molecular weight excluding hydrogens is 440 g/mol. The SMILES string of the molecule is COc1ccc(C)cc1NC(=O)CCc1nc2cc(S(=O)(=O)N3CCCCC3)ccc2n1C. The van der Waals surface area contributed by atoms with E-state index < -0.39 is 10.0 Å². The Labute approximate surface area is 194 Å². The highest BCUT2D eigenvalue weighted by Crippen LogP contribution is 2.27. The Hall–Kier alpha value is -2.91. The molecule has 8 nitrogen and oxygen atoms in total. The summed E-state index contributed by atoms with van der Waals surface area (Å²) < 4.78 is 34.8. The maximum atomic E-state index is 13.0. The molecule has 176 valence electrons. The quantitative estimate of drug-likeness (QED) is 0.569. The van der Waals surface area contributed by atoms with Crippen molar-refractivity contribution < 1.29 is 17.9 Å². The molecule has 0 aliphatic carbocycles. The molecule has 2 aromatic carbocycles. The van der Waals surface area contributed by atoms with Crippen molar-refractivity contribution in [3.05, 3.63) is 47.8 Å². The number of hydrogen-bond acceptors (Lipinski definition) is 5. The number of hydrogen-bond donors (Lipinski definition) is 1. The minimum atomic E-state index is -3.52. The van der Waals surface area contributed by atoms with Crippen LogP contribution in [0.5, 0.6) is 5.75 Å². The van der Waals surface area contributed by atoms with Crippen LogP contribution in [0.3, 0.4) is 0 Å². The van der Waals surface area contributed by atoms with Gasteiger partial charge in [-0.2, -0.15) is 4.31 Å². The molecule has 0 unspecified atom stereocenters. The van der Waals surface area contributed by atoms with E-state index in [4.69, 9.17) is 4.74 Å². The maximum Gasteiger partial charge on any atom is 0.243 e. The molecule has 1 fully saturated rings. The molecule has 9 heteroatoms. The van der Waals surface area contributed by atoms with Gasteiger partial charge in [0.15, 0.2) is 0 Å². The topological polar surface area (TPSA) is 93.5 Å². The summed E-state index contributed by atoms with van der Waals surface area (Å²) >= 11 is 0. The minimum Gasteiger partial charge on any atom is -0.495 e. The average Bonchev–Trinajstić information content (AvgIpc) is 3.13. The molecule has 1 amide bonds. The predicted octanol–water partition coefficient (Wildman–Crippen LogP) is 3.64. The molecule has 1 aliphatic rings. The van der Waals surface area contributed by atoms with Crippen molar-refractivity contribution >= 4 is 32.7 Å². The zero-order valence-corrected chi connectivity index (χ0v) is 20.1. The summed E-state index contributed by atoms with van der Waals surface area (Å²) in [4.78, 5) is 17.5. The molecule has 1 N–H and O–H groups in total. The van der Waals surface area contributed by atoms with Crippen molar-refractivity contribution in [1.82, 2.24) is 13.9 Å². The molecular formula is C24H30N4O4S. The number of aryl methyl sites for hydroxylation is 3. The number of methoxy groups -OCH3 is 1. The van der Waals surface area contributed by atoms with E-state index in [0.717, 1.165) is 36.2 Å². The molecule has 0 spiro atoms. The molecule has 0 bridgehead atoms. The van der Waals surface area contributed by atoms with Gasteiger partial charge in [-0.3, -0.25) is 4.79 Å². The Balaban J connectivity index is 1.49. The van der Waals surface area contributed by atoms with Crippen LogP contribution in [0.1, 0.15) is 37.1 Å². The van der Waals surface area contributed by atoms with Gasteiger partial charge in [0.1, 0.15) is 11.6 Å². The monoisotopic (exact) mass is 470 g/mol. The van der Waals surface area contributed by atoms with Gasteiger partial charge in [-0.05, 0) is 55.7 Å². The van der Waals surface area contributed by atoms with Crippen LogP contribution in [0.15, 0.2) is 41.3 Å². The number of imidazole rings is 1. The fraction of sp³-hybridized carbons (Fsp3) is 0.417. The van der Waals surface area contributed by atoms with E-state index in [9.17, 15) is 13.2 Å². The maximum absolute atomic E-state index is 13.0. The van der Waals surface area contributed by atoms with Gasteiger partial charge in [0, 0.05) is 33.0 Å². The van der Waals surface area contributed by atoms with Crippen LogP contribution in [0.25, 0.3) is 11.0 Å². The van der Waals surface area contributed by atoms with Crippen molar-refractivity contribution in [3.63, 3.8) is 0 Å². The number of rotatable bonds is 7. The lowest BCUT2D eigenvalue weighted by atomic mass is 10.2. The Kier molecular flexibility index (Phi) is 6.71. The van der Waals surface area contributed by atoms with E-state index in [-0.39, 0.29) is 17.2 Å². The van der Waals surface area contributed by atoms with Gasteiger partial charge in [-0.25, -0.2) is 13.4 Å². The lowest BCUT2D eigenvalue weighted by molar-refractivity contribution is -0.116. The Morgan fingerprint density at radius 2 is 1.88 bits per heavy atom. The molecule has 33 heavy (non-hydrogen) atoms. The number of ether oxygens (including phenoxy) is 1. The van der Waals surface area contributed by atoms with Gasteiger partial charge >= 0.3 is 0 Å². The number of fused-ring (bicyclic) bond motifs is 1. The van der Waals surface area contributed by atoms with Gasteiger partial charge < -0.3 is 14.6 Å². The smallest absolute Gasteiger partial charge is 0.243 e. The molecule has 1 saturated heterocycles. The number of carbonyl (C=O) groups excluding carboxylic acids is 1. The van der Waals surface area contributed by atoms with Crippen LogP contribution >= 0.6 is 0 Å². The molecule has 0 radical (unpaired) electrons. The Morgan fingerprint density at radius 3 is 2.61 bits per heavy atom. The molecule has 2 heterocycles. The number of aromatic nitrogens is 2. The zero-order chi connectivity index (χ0) is 23.6. The van der Waals surface area contributed by atoms with Crippen molar-refractivity contribution in [1.29, 1.82) is 0 Å². The fourth-order valence-electron chi connectivity index (χ4n) is 4.23. The van der Waals surface area contributed by atoms with Crippen LogP contribution in [-0.4, -0.2) is 48.4 Å². The summed E-state index contributed by atoms with van der Waals surface area (Å²) in [5.41, 5.74) is 3.12. The number of benzene rings is 2. The number of anilines is 1. The molecule has 1 aliphatic heterocycles. The second-order valence-electron chi connectivity index (χ2n) is 8.45. The van der Waals surface area contributed by atoms with Crippen LogP contribution in [0.4, 0.5) is 5.69 Å². The number of carbonyl (C=O) groups is 1. The van der Waals surface area contributed by atoms with E-state index in [2.05, 4.69) is 10.3 Å². The first-order chi connectivity index (χ1) is 15.8. The number of amides is 1. The van der Waals surface area contributed by atoms with E-state index in [1.807, 2.05) is 36.7 Å². The van der Waals surface area contributed by atoms with Gasteiger partial charge in [-0.15, -0.1) is 0 Å². The first kappa shape index (κ1) is 23.3. The zero-order valence-electron chi connectivity index (χ0n) is 19.3. The second kappa shape index (κ2) is 9.52. The normalized spacial score (nSPS) is 15.0. The highest BCUT2D eigenvalue weighted by atomic mass is 32.2. The van der Waals surface area contributed by atoms with Crippen LogP contribution in [-0.2, 0) is 28.3 Å². The summed E-state index contributed by atoms with van der Waals surface area (Å²) in [5, 5.41) is 2.91. The molecule has 4 rings (SSSR count). The van der Waals surface area contributed by atoms with Crippen molar-refractivity contribution in [2.24, 2.45) is 7.05 Å². The second-order valence-corrected chi connectivity index (χ2v) is 10.4. The predicted molar refractivity (Wildman–Crippen MR) is 128 cm³/mol. The van der Waals surface area contributed by atoms with Gasteiger partial charge in [0.2, 0.25) is 15.9 Å². The first-order valence-corrected chi connectivity index (χ1v) is 12.6. The molecule has 1 aromatic heterocycles. The van der Waals surface area contributed by atoms with Crippen molar-refractivity contribution in [3.8, 4) is 5.75 Å². The van der Waals surface area contributed by atoms with E-state index in [1.165, 1.54) is 0 Å². The molecule has 0 saturated carbocycles. The number of nitrogens with one attached hydrogen (secondary N) is 1. The Bertz CT molecular complexity index is 1280. The van der Waals surface area contributed by atoms with Crippen LogP contribution < -0.4 is 10.1 Å². The lowest BCUT2D eigenvalue weighted by Crippen LogP contribution is -2.35. The highest BCUT2D eigenvalue weighted by molar-refractivity contribution is 7.89. The summed E-state index contributed by atoms with van der Waals surface area (Å²) in [6, 6.07) is 10.7. The van der Waals surface area contributed by atoms with Gasteiger partial charge in [-0.1, -0.05) is 12.5 Å². The van der Waals surface area contributed by atoms with Crippen molar-refractivity contribution in [2.45, 2.75) is 43.9 Å². The van der Waals surface area contributed by atoms with Gasteiger partial charge in [0.25, 0.3) is 0 Å². The number of piperidine rings is 1. The van der Waals surface area contributed by atoms with Crippen LogP contribution in [0, 0.1) is 6.92 Å². The van der Waals surface area contributed by atoms with Gasteiger partial charge in [0.05, 0.1) is 28.7 Å². The lowest BCUT2D eigenvalue weighted by Gasteiger charge is -2.25. The highest BCUT2D eigenvalue weighted by Gasteiger charge is 2.26. The third kappa shape index (κ3) is 4.89. The summed E-state index contributed by atoms with van der Waals surface area (Å²) in [5.74, 6) is 1.20. The largest absolute Gasteiger partial charge is 0.495 e. The average molecular weight is 471 g/mol. The Morgan fingerprint density at radius 1 is 1.12 bits per heavy atom. The van der Waals surface area contributed by atoms with Crippen molar-refractivity contribution in [2.75, 3.05) is 25.5 Å². The summed E-state index contributed by atoms with van der Waals surface area (Å²) in [6.45, 7) is 3.08. The fourth-order valence-corrected chi connectivity index (χ4v) is 5.76. The third-order valence-corrected chi connectivity index (χ3v) is 8.00. The van der Waals surface area contributed by atoms with E-state index >= 15 is 0 Å². The van der Waals surface area contributed by atoms with E-state index in [1.54, 1.807) is 29.6 Å². The standard InChI is InChI=1S/C24H30N4O4S/c1-17-7-10-22(32-3)20(15-17)26-24(29)12-11-23-25-19-16-18(8-9-21(19)27(23)2)33(30,31)28-13-5-4-6-14-28/h7-10,15-16H,4-6,11-14H2,1-3H3,(H,26,29). The summed E-state index contributed by atoms with van der Waals surface area (Å²) in [7, 11) is -0.0706. The third-order valence-electron chi connectivity index (χ3n) is 6.10. The first-order valence-electron chi connectivity index (χ1n) is 11.2. The van der Waals surface area contributed by atoms with Crippen LogP contribution in [0.2, 0.25) is 0 Å². The number of sulfonamides is 1. The molecule has 0 atom stereocenters. The summed E-state index contributed by atoms with van der Waals surface area (Å²) in [6.07, 6.45) is 3.53. The minimum absolute atomic E-state index is 0.140.